The summed E-state index contributed by atoms with van der Waals surface area (Å²) in [6.07, 6.45) is 7.79. The summed E-state index contributed by atoms with van der Waals surface area (Å²) < 4.78 is 23.2. The van der Waals surface area contributed by atoms with Gasteiger partial charge in [-0.15, -0.1) is 0 Å². The van der Waals surface area contributed by atoms with E-state index in [0.29, 0.717) is 18.0 Å². The van der Waals surface area contributed by atoms with Crippen LogP contribution in [-0.2, 0) is 11.2 Å². The second kappa shape index (κ2) is 14.0. The fraction of sp³-hybridized carbons (Fsp3) is 0.516. The van der Waals surface area contributed by atoms with Gasteiger partial charge < -0.3 is 24.3 Å². The number of benzene rings is 2. The largest absolute Gasteiger partial charge is 0.493 e. The molecule has 6 nitrogen and oxygen atoms in total. The summed E-state index contributed by atoms with van der Waals surface area (Å²) in [6.45, 7) is 13.2. The fourth-order valence-electron chi connectivity index (χ4n) is 3.50. The summed E-state index contributed by atoms with van der Waals surface area (Å²) >= 11 is 0. The van der Waals surface area contributed by atoms with Crippen LogP contribution in [0.25, 0.3) is 6.08 Å². The van der Waals surface area contributed by atoms with Gasteiger partial charge >= 0.3 is 0 Å². The van der Waals surface area contributed by atoms with Crippen LogP contribution in [0.5, 0.6) is 23.0 Å². The second-order valence-corrected chi connectivity index (χ2v) is 10.4. The molecule has 0 saturated carbocycles. The molecule has 6 heteroatoms. The molecule has 2 rings (SSSR count). The summed E-state index contributed by atoms with van der Waals surface area (Å²) in [5.74, 6) is 2.86. The number of amides is 1. The minimum Gasteiger partial charge on any atom is -0.493 e. The molecular weight excluding hydrogens is 466 g/mol. The van der Waals surface area contributed by atoms with Crippen molar-refractivity contribution in [2.45, 2.75) is 84.8 Å². The predicted molar refractivity (Wildman–Crippen MR) is 151 cm³/mol. The third-order valence-electron chi connectivity index (χ3n) is 6.53. The predicted octanol–water partition coefficient (Wildman–Crippen LogP) is 6.99. The smallest absolute Gasteiger partial charge is 0.243 e. The number of rotatable bonds is 15. The van der Waals surface area contributed by atoms with Gasteiger partial charge in [0.05, 0.1) is 14.2 Å². The average Bonchev–Trinajstić information content (AvgIpc) is 2.87. The Morgan fingerprint density at radius 1 is 0.838 bits per heavy atom. The van der Waals surface area contributed by atoms with Crippen molar-refractivity contribution >= 4 is 12.0 Å². The summed E-state index contributed by atoms with van der Waals surface area (Å²) in [5, 5.41) is 2.96. The summed E-state index contributed by atoms with van der Waals surface area (Å²) in [5.41, 5.74) is 1.53. The lowest BCUT2D eigenvalue weighted by Gasteiger charge is -2.29. The molecule has 0 spiro atoms. The van der Waals surface area contributed by atoms with Gasteiger partial charge in [0.15, 0.2) is 11.5 Å². The molecule has 0 radical (unpaired) electrons. The number of hydrogen-bond donors (Lipinski definition) is 1. The van der Waals surface area contributed by atoms with Gasteiger partial charge in [0.2, 0.25) is 5.91 Å². The van der Waals surface area contributed by atoms with Crippen LogP contribution < -0.4 is 24.3 Å². The number of unbranched alkanes of at least 4 members (excludes halogenated alkanes) is 1. The normalized spacial score (nSPS) is 11.9. The minimum absolute atomic E-state index is 0.122. The summed E-state index contributed by atoms with van der Waals surface area (Å²) in [4.78, 5) is 12.3. The van der Waals surface area contributed by atoms with Crippen LogP contribution in [0.3, 0.4) is 0 Å². The first-order valence-corrected chi connectivity index (χ1v) is 13.2. The van der Waals surface area contributed by atoms with Crippen molar-refractivity contribution in [2.75, 3.05) is 20.8 Å². The molecule has 37 heavy (non-hydrogen) atoms. The third kappa shape index (κ3) is 10.0. The van der Waals surface area contributed by atoms with E-state index in [4.69, 9.17) is 18.9 Å². The number of carbonyl (C=O) groups excluding carboxylic acids is 1. The van der Waals surface area contributed by atoms with Gasteiger partial charge in [0.1, 0.15) is 22.7 Å². The lowest BCUT2D eigenvalue weighted by molar-refractivity contribution is -0.116. The maximum atomic E-state index is 12.3. The first-order valence-electron chi connectivity index (χ1n) is 13.2. The van der Waals surface area contributed by atoms with E-state index in [1.165, 1.54) is 6.08 Å². The zero-order valence-electron chi connectivity index (χ0n) is 23.9. The van der Waals surface area contributed by atoms with Gasteiger partial charge in [-0.05, 0) is 95.2 Å². The molecule has 1 N–H and O–H groups in total. The van der Waals surface area contributed by atoms with Crippen molar-refractivity contribution in [3.05, 3.63) is 53.6 Å². The van der Waals surface area contributed by atoms with Crippen molar-refractivity contribution in [2.24, 2.45) is 0 Å². The maximum absolute atomic E-state index is 12.3. The highest BCUT2D eigenvalue weighted by Gasteiger charge is 2.21. The summed E-state index contributed by atoms with van der Waals surface area (Å²) in [7, 11) is 3.19. The molecule has 0 atom stereocenters. The van der Waals surface area contributed by atoms with Gasteiger partial charge in [-0.25, -0.2) is 0 Å². The van der Waals surface area contributed by atoms with Crippen LogP contribution in [0.4, 0.5) is 0 Å². The number of nitrogens with one attached hydrogen (secondary N) is 1. The van der Waals surface area contributed by atoms with Crippen molar-refractivity contribution in [1.29, 1.82) is 0 Å². The number of ether oxygens (including phenoxy) is 4. The molecule has 2 aromatic rings. The van der Waals surface area contributed by atoms with E-state index in [0.717, 1.165) is 54.7 Å². The molecule has 0 bridgehead atoms. The average molecular weight is 512 g/mol. The van der Waals surface area contributed by atoms with Crippen molar-refractivity contribution in [1.82, 2.24) is 5.32 Å². The van der Waals surface area contributed by atoms with Crippen molar-refractivity contribution in [3.63, 3.8) is 0 Å². The van der Waals surface area contributed by atoms with Crippen LogP contribution >= 0.6 is 0 Å². The van der Waals surface area contributed by atoms with E-state index in [-0.39, 0.29) is 17.1 Å². The quantitative estimate of drug-likeness (QED) is 0.206. The van der Waals surface area contributed by atoms with Gasteiger partial charge in [0.25, 0.3) is 0 Å². The van der Waals surface area contributed by atoms with Gasteiger partial charge in [-0.2, -0.15) is 0 Å². The molecule has 2 aromatic carbocycles. The molecule has 0 saturated heterocycles. The Bertz CT molecular complexity index is 1040. The molecule has 0 aliphatic rings. The highest BCUT2D eigenvalue weighted by Crippen LogP contribution is 2.32. The number of carbonyl (C=O) groups is 1. The molecule has 0 unspecified atom stereocenters. The highest BCUT2D eigenvalue weighted by molar-refractivity contribution is 5.91. The van der Waals surface area contributed by atoms with Crippen LogP contribution in [0.15, 0.2) is 42.5 Å². The van der Waals surface area contributed by atoms with Crippen LogP contribution in [-0.4, -0.2) is 37.9 Å². The van der Waals surface area contributed by atoms with E-state index in [2.05, 4.69) is 52.9 Å². The van der Waals surface area contributed by atoms with Crippen molar-refractivity contribution < 1.29 is 23.7 Å². The molecule has 0 aliphatic heterocycles. The Hall–Kier alpha value is -3.15. The molecule has 0 fully saturated rings. The van der Waals surface area contributed by atoms with Gasteiger partial charge in [0, 0.05) is 18.7 Å². The lowest BCUT2D eigenvalue weighted by Crippen LogP contribution is -2.28. The molecular formula is C31H45NO5. The summed E-state index contributed by atoms with van der Waals surface area (Å²) in [6, 6.07) is 11.7. The molecule has 0 aliphatic carbocycles. The Kier molecular flexibility index (Phi) is 11.4. The number of hydrogen-bond acceptors (Lipinski definition) is 5. The van der Waals surface area contributed by atoms with E-state index in [9.17, 15) is 4.79 Å². The maximum Gasteiger partial charge on any atom is 0.243 e. The first kappa shape index (κ1) is 30.1. The molecule has 204 valence electrons. The van der Waals surface area contributed by atoms with Crippen LogP contribution in [0.2, 0.25) is 0 Å². The lowest BCUT2D eigenvalue weighted by atomic mass is 10.0. The standard InChI is InChI=1S/C31H45NO5/c1-9-30(3,4)36-25-17-16-24(27(22-25)37-31(5,6)10-2)13-11-12-20-32-29(33)19-15-23-14-18-26(34-7)28(21-23)35-8/h14-19,21-22H,9-13,20H2,1-8H3,(H,32,33). The molecule has 0 aromatic heterocycles. The molecule has 1 amide bonds. The Morgan fingerprint density at radius 3 is 2.16 bits per heavy atom. The Morgan fingerprint density at radius 2 is 1.51 bits per heavy atom. The highest BCUT2D eigenvalue weighted by atomic mass is 16.5. The SMILES string of the molecule is CCC(C)(C)Oc1ccc(CCCCNC(=O)C=Cc2ccc(OC)c(OC)c2)c(OC(C)(C)CC)c1. The fourth-order valence-corrected chi connectivity index (χ4v) is 3.50. The van der Waals surface area contributed by atoms with E-state index in [1.54, 1.807) is 20.3 Å². The van der Waals surface area contributed by atoms with Crippen LogP contribution in [0, 0.1) is 0 Å². The van der Waals surface area contributed by atoms with E-state index in [1.807, 2.05) is 30.3 Å². The van der Waals surface area contributed by atoms with E-state index >= 15 is 0 Å². The Balaban J connectivity index is 1.91. The van der Waals surface area contributed by atoms with E-state index < -0.39 is 0 Å². The van der Waals surface area contributed by atoms with Crippen molar-refractivity contribution in [3.8, 4) is 23.0 Å². The van der Waals surface area contributed by atoms with Crippen LogP contribution in [0.1, 0.15) is 78.4 Å². The second-order valence-electron chi connectivity index (χ2n) is 10.4. The monoisotopic (exact) mass is 511 g/mol. The minimum atomic E-state index is -0.262. The molecule has 0 heterocycles. The third-order valence-corrected chi connectivity index (χ3v) is 6.53. The first-order chi connectivity index (χ1) is 17.5. The number of methoxy groups -OCH3 is 2. The zero-order chi connectivity index (χ0) is 27.5. The van der Waals surface area contributed by atoms with Gasteiger partial charge in [-0.1, -0.05) is 26.0 Å². The topological polar surface area (TPSA) is 66.0 Å². The Labute approximate surface area is 223 Å². The number of aryl methyl sites for hydroxylation is 1. The van der Waals surface area contributed by atoms with Gasteiger partial charge in [-0.3, -0.25) is 4.79 Å². The zero-order valence-corrected chi connectivity index (χ0v) is 23.9.